The van der Waals surface area contributed by atoms with Gasteiger partial charge in [0.2, 0.25) is 15.9 Å². The number of hydrazine groups is 1. The number of sulfonamides is 1. The molecule has 1 saturated heterocycles. The molecular formula is C18H20FN3O3S. The van der Waals surface area contributed by atoms with Gasteiger partial charge >= 0.3 is 0 Å². The third kappa shape index (κ3) is 4.03. The second kappa shape index (κ2) is 7.84. The van der Waals surface area contributed by atoms with Gasteiger partial charge in [-0.15, -0.1) is 0 Å². The van der Waals surface area contributed by atoms with Gasteiger partial charge in [-0.25, -0.2) is 12.8 Å². The number of nitrogens with zero attached hydrogens (tertiary/aromatic N) is 1. The average Bonchev–Trinajstić information content (AvgIpc) is 2.67. The lowest BCUT2D eigenvalue weighted by atomic mass is 9.98. The molecule has 0 bridgehead atoms. The molecule has 1 aliphatic heterocycles. The number of amides is 1. The van der Waals surface area contributed by atoms with Crippen LogP contribution in [0, 0.1) is 11.7 Å². The molecule has 6 nitrogen and oxygen atoms in total. The number of hydrogen-bond acceptors (Lipinski definition) is 4. The fourth-order valence-corrected chi connectivity index (χ4v) is 4.44. The Morgan fingerprint density at radius 1 is 1.00 bits per heavy atom. The highest BCUT2D eigenvalue weighted by Crippen LogP contribution is 2.25. The summed E-state index contributed by atoms with van der Waals surface area (Å²) in [5.41, 5.74) is 6.25. The number of carbonyl (C=O) groups excluding carboxylic acids is 1. The van der Waals surface area contributed by atoms with Crippen molar-refractivity contribution in [2.24, 2.45) is 5.92 Å². The van der Waals surface area contributed by atoms with Crippen LogP contribution in [0.5, 0.6) is 0 Å². The number of hydrogen-bond donors (Lipinski definition) is 2. The van der Waals surface area contributed by atoms with Crippen molar-refractivity contribution in [2.45, 2.75) is 17.7 Å². The number of anilines is 1. The Hall–Kier alpha value is -2.45. The lowest BCUT2D eigenvalue weighted by Gasteiger charge is -2.30. The number of benzene rings is 2. The Balaban J connectivity index is 1.57. The van der Waals surface area contributed by atoms with Crippen molar-refractivity contribution in [3.8, 4) is 0 Å². The molecule has 0 atom stereocenters. The van der Waals surface area contributed by atoms with E-state index < -0.39 is 15.8 Å². The lowest BCUT2D eigenvalue weighted by Crippen LogP contribution is -2.44. The molecule has 0 spiro atoms. The monoisotopic (exact) mass is 377 g/mol. The third-order valence-corrected chi connectivity index (χ3v) is 6.31. The largest absolute Gasteiger partial charge is 0.299 e. The van der Waals surface area contributed by atoms with E-state index >= 15 is 0 Å². The fraction of sp³-hybridized carbons (Fsp3) is 0.278. The normalized spacial score (nSPS) is 16.2. The molecule has 138 valence electrons. The Kier molecular flexibility index (Phi) is 5.53. The van der Waals surface area contributed by atoms with Crippen LogP contribution in [0.4, 0.5) is 10.1 Å². The van der Waals surface area contributed by atoms with Crippen molar-refractivity contribution in [1.82, 2.24) is 9.73 Å². The van der Waals surface area contributed by atoms with Crippen LogP contribution in [-0.4, -0.2) is 31.7 Å². The predicted molar refractivity (Wildman–Crippen MR) is 96.1 cm³/mol. The van der Waals surface area contributed by atoms with Crippen LogP contribution >= 0.6 is 0 Å². The highest BCUT2D eigenvalue weighted by Gasteiger charge is 2.33. The number of rotatable bonds is 5. The minimum absolute atomic E-state index is 0.181. The van der Waals surface area contributed by atoms with E-state index in [1.54, 1.807) is 0 Å². The number of halogens is 1. The molecule has 2 aromatic rings. The minimum atomic E-state index is -3.89. The Labute approximate surface area is 152 Å². The summed E-state index contributed by atoms with van der Waals surface area (Å²) in [6.07, 6.45) is 0.770. The summed E-state index contributed by atoms with van der Waals surface area (Å²) in [6.45, 7) is 0.361. The van der Waals surface area contributed by atoms with Gasteiger partial charge < -0.3 is 0 Å². The van der Waals surface area contributed by atoms with Crippen LogP contribution in [0.2, 0.25) is 0 Å². The molecule has 1 heterocycles. The molecule has 2 aromatic carbocycles. The maximum atomic E-state index is 13.8. The van der Waals surface area contributed by atoms with E-state index in [-0.39, 0.29) is 29.8 Å². The molecule has 1 fully saturated rings. The van der Waals surface area contributed by atoms with E-state index in [0.29, 0.717) is 12.8 Å². The zero-order valence-corrected chi connectivity index (χ0v) is 14.9. The van der Waals surface area contributed by atoms with Crippen molar-refractivity contribution in [1.29, 1.82) is 0 Å². The summed E-state index contributed by atoms with van der Waals surface area (Å²) in [6, 6.07) is 14.5. The number of para-hydroxylation sites is 1. The Bertz CT molecular complexity index is 866. The molecule has 0 radical (unpaired) electrons. The number of carbonyl (C=O) groups is 1. The standard InChI is InChI=1S/C18H20FN3O3S/c19-16-8-4-5-9-17(16)26(24,25)22-12-10-14(11-13-22)18(23)21-20-15-6-2-1-3-7-15/h1-9,14,20H,10-13H2,(H,21,23). The molecule has 8 heteroatoms. The number of nitrogens with one attached hydrogen (secondary N) is 2. The molecular weight excluding hydrogens is 357 g/mol. The van der Waals surface area contributed by atoms with Crippen LogP contribution in [0.1, 0.15) is 12.8 Å². The van der Waals surface area contributed by atoms with E-state index in [2.05, 4.69) is 10.9 Å². The van der Waals surface area contributed by atoms with Gasteiger partial charge in [-0.3, -0.25) is 15.6 Å². The van der Waals surface area contributed by atoms with Crippen LogP contribution < -0.4 is 10.9 Å². The fourth-order valence-electron chi connectivity index (χ4n) is 2.91. The van der Waals surface area contributed by atoms with E-state index in [9.17, 15) is 17.6 Å². The Morgan fingerprint density at radius 3 is 2.27 bits per heavy atom. The quantitative estimate of drug-likeness (QED) is 0.784. The van der Waals surface area contributed by atoms with Crippen molar-refractivity contribution in [3.63, 3.8) is 0 Å². The first-order valence-corrected chi connectivity index (χ1v) is 9.78. The minimum Gasteiger partial charge on any atom is -0.299 e. The third-order valence-electron chi connectivity index (χ3n) is 4.38. The topological polar surface area (TPSA) is 78.5 Å². The highest BCUT2D eigenvalue weighted by molar-refractivity contribution is 7.89. The molecule has 3 rings (SSSR count). The molecule has 2 N–H and O–H groups in total. The second-order valence-corrected chi connectivity index (χ2v) is 8.00. The van der Waals surface area contributed by atoms with Gasteiger partial charge in [0, 0.05) is 19.0 Å². The Morgan fingerprint density at radius 2 is 1.62 bits per heavy atom. The van der Waals surface area contributed by atoms with Crippen LogP contribution in [0.15, 0.2) is 59.5 Å². The van der Waals surface area contributed by atoms with Crippen LogP contribution in [0.25, 0.3) is 0 Å². The molecule has 0 aromatic heterocycles. The molecule has 0 aliphatic carbocycles. The summed E-state index contributed by atoms with van der Waals surface area (Å²) in [5, 5.41) is 0. The first kappa shape index (κ1) is 18.3. The zero-order valence-electron chi connectivity index (χ0n) is 14.1. The first-order chi connectivity index (χ1) is 12.5. The summed E-state index contributed by atoms with van der Waals surface area (Å²) in [4.78, 5) is 11.9. The van der Waals surface area contributed by atoms with E-state index in [0.717, 1.165) is 11.8 Å². The first-order valence-electron chi connectivity index (χ1n) is 8.34. The van der Waals surface area contributed by atoms with Gasteiger partial charge in [0.15, 0.2) is 0 Å². The number of piperidine rings is 1. The van der Waals surface area contributed by atoms with E-state index in [1.807, 2.05) is 30.3 Å². The van der Waals surface area contributed by atoms with Crippen LogP contribution in [0.3, 0.4) is 0 Å². The van der Waals surface area contributed by atoms with E-state index in [1.165, 1.54) is 22.5 Å². The molecule has 1 aliphatic rings. The van der Waals surface area contributed by atoms with Crippen molar-refractivity contribution >= 4 is 21.6 Å². The van der Waals surface area contributed by atoms with E-state index in [4.69, 9.17) is 0 Å². The van der Waals surface area contributed by atoms with Gasteiger partial charge in [-0.2, -0.15) is 4.31 Å². The molecule has 26 heavy (non-hydrogen) atoms. The second-order valence-electron chi connectivity index (χ2n) is 6.09. The van der Waals surface area contributed by atoms with Gasteiger partial charge in [0.1, 0.15) is 10.7 Å². The van der Waals surface area contributed by atoms with Crippen molar-refractivity contribution in [2.75, 3.05) is 18.5 Å². The lowest BCUT2D eigenvalue weighted by molar-refractivity contribution is -0.125. The highest BCUT2D eigenvalue weighted by atomic mass is 32.2. The maximum absolute atomic E-state index is 13.8. The summed E-state index contributed by atoms with van der Waals surface area (Å²) < 4.78 is 40.2. The van der Waals surface area contributed by atoms with Crippen molar-refractivity contribution in [3.05, 3.63) is 60.4 Å². The van der Waals surface area contributed by atoms with Gasteiger partial charge in [-0.05, 0) is 37.1 Å². The maximum Gasteiger partial charge on any atom is 0.245 e. The van der Waals surface area contributed by atoms with Crippen LogP contribution in [-0.2, 0) is 14.8 Å². The smallest absolute Gasteiger partial charge is 0.245 e. The molecule has 0 unspecified atom stereocenters. The van der Waals surface area contributed by atoms with Gasteiger partial charge in [0.25, 0.3) is 0 Å². The summed E-state index contributed by atoms with van der Waals surface area (Å²) in [5.74, 6) is -1.24. The van der Waals surface area contributed by atoms with Gasteiger partial charge in [0.05, 0.1) is 5.69 Å². The molecule has 1 amide bonds. The average molecular weight is 377 g/mol. The summed E-state index contributed by atoms with van der Waals surface area (Å²) >= 11 is 0. The van der Waals surface area contributed by atoms with Gasteiger partial charge in [-0.1, -0.05) is 30.3 Å². The SMILES string of the molecule is O=C(NNc1ccccc1)C1CCN(S(=O)(=O)c2ccccc2F)CC1. The zero-order chi connectivity index (χ0) is 18.6. The molecule has 0 saturated carbocycles. The summed E-state index contributed by atoms with van der Waals surface area (Å²) in [7, 11) is -3.89. The van der Waals surface area contributed by atoms with Crippen molar-refractivity contribution < 1.29 is 17.6 Å². The predicted octanol–water partition coefficient (Wildman–Crippen LogP) is 2.37.